The number of rotatable bonds is 4. The fraction of sp³-hybridized carbons (Fsp3) is 0.562. The molecule has 0 saturated carbocycles. The van der Waals surface area contributed by atoms with Gasteiger partial charge in [0.1, 0.15) is 0 Å². The van der Waals surface area contributed by atoms with E-state index in [0.29, 0.717) is 24.4 Å². The lowest BCUT2D eigenvalue weighted by atomic mass is 9.88. The molecule has 0 amide bonds. The minimum atomic E-state index is -0.658. The van der Waals surface area contributed by atoms with Gasteiger partial charge >= 0.3 is 5.97 Å². The highest BCUT2D eigenvalue weighted by Crippen LogP contribution is 2.41. The van der Waals surface area contributed by atoms with Crippen LogP contribution in [0.2, 0.25) is 5.02 Å². The number of aliphatic carboxylic acids is 1. The van der Waals surface area contributed by atoms with E-state index in [0.717, 1.165) is 24.4 Å². The van der Waals surface area contributed by atoms with Crippen LogP contribution >= 0.6 is 11.6 Å². The molecule has 1 N–H and O–H groups in total. The van der Waals surface area contributed by atoms with Gasteiger partial charge in [-0.3, -0.25) is 9.69 Å². The second-order valence-corrected chi connectivity index (χ2v) is 6.49. The van der Waals surface area contributed by atoms with E-state index in [4.69, 9.17) is 16.7 Å². The molecule has 1 aromatic carbocycles. The van der Waals surface area contributed by atoms with Gasteiger partial charge < -0.3 is 5.11 Å². The SMILES string of the molecule is O=C(O)CC1CC2CCC(C1)N2Cc1ccccc1Cl. The molecule has 2 atom stereocenters. The quantitative estimate of drug-likeness (QED) is 0.923. The van der Waals surface area contributed by atoms with E-state index < -0.39 is 5.97 Å². The molecule has 0 aromatic heterocycles. The largest absolute Gasteiger partial charge is 0.481 e. The fourth-order valence-corrected chi connectivity index (χ4v) is 4.08. The van der Waals surface area contributed by atoms with Gasteiger partial charge in [0, 0.05) is 30.1 Å². The third-order valence-corrected chi connectivity index (χ3v) is 5.12. The number of hydrogen-bond acceptors (Lipinski definition) is 2. The van der Waals surface area contributed by atoms with Crippen LogP contribution < -0.4 is 0 Å². The minimum Gasteiger partial charge on any atom is -0.481 e. The standard InChI is InChI=1S/C16H20ClNO2/c17-15-4-2-1-3-12(15)10-18-13-5-6-14(18)8-11(7-13)9-16(19)20/h1-4,11,13-14H,5-10H2,(H,19,20). The van der Waals surface area contributed by atoms with Crippen molar-refractivity contribution >= 4 is 17.6 Å². The molecular formula is C16H20ClNO2. The van der Waals surface area contributed by atoms with Crippen LogP contribution in [-0.4, -0.2) is 28.1 Å². The van der Waals surface area contributed by atoms with Crippen LogP contribution in [-0.2, 0) is 11.3 Å². The zero-order chi connectivity index (χ0) is 14.1. The summed E-state index contributed by atoms with van der Waals surface area (Å²) in [6, 6.07) is 9.09. The Bertz CT molecular complexity index is 491. The molecule has 2 aliphatic heterocycles. The van der Waals surface area contributed by atoms with Gasteiger partial charge in [0.25, 0.3) is 0 Å². The molecule has 2 fully saturated rings. The first-order valence-electron chi connectivity index (χ1n) is 7.34. The van der Waals surface area contributed by atoms with Gasteiger partial charge in [-0.05, 0) is 43.2 Å². The first-order chi connectivity index (χ1) is 9.63. The summed E-state index contributed by atoms with van der Waals surface area (Å²) in [5.74, 6) is -0.304. The van der Waals surface area contributed by atoms with Gasteiger partial charge in [-0.1, -0.05) is 29.8 Å². The number of carboxylic acids is 1. The van der Waals surface area contributed by atoms with Crippen LogP contribution in [0.25, 0.3) is 0 Å². The number of fused-ring (bicyclic) bond motifs is 2. The summed E-state index contributed by atoms with van der Waals surface area (Å²) in [7, 11) is 0. The van der Waals surface area contributed by atoms with Gasteiger partial charge in [0.15, 0.2) is 0 Å². The summed E-state index contributed by atoms with van der Waals surface area (Å²) in [5, 5.41) is 9.80. The minimum absolute atomic E-state index is 0.326. The van der Waals surface area contributed by atoms with E-state index in [1.165, 1.54) is 18.4 Å². The second kappa shape index (κ2) is 5.74. The van der Waals surface area contributed by atoms with Crippen LogP contribution in [0.1, 0.15) is 37.7 Å². The average molecular weight is 294 g/mol. The maximum atomic E-state index is 10.9. The second-order valence-electron chi connectivity index (χ2n) is 6.08. The lowest BCUT2D eigenvalue weighted by molar-refractivity contribution is -0.138. The topological polar surface area (TPSA) is 40.5 Å². The van der Waals surface area contributed by atoms with E-state index in [-0.39, 0.29) is 0 Å². The Morgan fingerprint density at radius 2 is 1.90 bits per heavy atom. The molecule has 0 radical (unpaired) electrons. The first kappa shape index (κ1) is 13.9. The lowest BCUT2D eigenvalue weighted by Gasteiger charge is -2.38. The number of carboxylic acid groups (broad SMARTS) is 1. The third kappa shape index (κ3) is 2.84. The summed E-state index contributed by atoms with van der Waals surface area (Å²) >= 11 is 6.25. The molecule has 2 unspecified atom stereocenters. The Morgan fingerprint density at radius 1 is 1.25 bits per heavy atom. The summed E-state index contributed by atoms with van der Waals surface area (Å²) in [6.45, 7) is 0.898. The molecule has 1 aromatic rings. The van der Waals surface area contributed by atoms with Crippen molar-refractivity contribution in [3.05, 3.63) is 34.9 Å². The molecule has 0 spiro atoms. The zero-order valence-electron chi connectivity index (χ0n) is 11.5. The Morgan fingerprint density at radius 3 is 2.50 bits per heavy atom. The van der Waals surface area contributed by atoms with Crippen LogP contribution in [0, 0.1) is 5.92 Å². The van der Waals surface area contributed by atoms with E-state index in [2.05, 4.69) is 11.0 Å². The van der Waals surface area contributed by atoms with Crippen molar-refractivity contribution < 1.29 is 9.90 Å². The Labute approximate surface area is 124 Å². The van der Waals surface area contributed by atoms with Crippen molar-refractivity contribution in [3.8, 4) is 0 Å². The summed E-state index contributed by atoms with van der Waals surface area (Å²) in [6.07, 6.45) is 4.77. The maximum Gasteiger partial charge on any atom is 0.303 e. The van der Waals surface area contributed by atoms with Crippen LogP contribution in [0.3, 0.4) is 0 Å². The molecule has 2 saturated heterocycles. The zero-order valence-corrected chi connectivity index (χ0v) is 12.2. The molecule has 2 bridgehead atoms. The van der Waals surface area contributed by atoms with Gasteiger partial charge in [-0.2, -0.15) is 0 Å². The van der Waals surface area contributed by atoms with Gasteiger partial charge in [-0.15, -0.1) is 0 Å². The molecule has 2 aliphatic rings. The van der Waals surface area contributed by atoms with E-state index in [1.54, 1.807) is 0 Å². The molecule has 20 heavy (non-hydrogen) atoms. The highest BCUT2D eigenvalue weighted by Gasteiger charge is 2.40. The molecule has 3 rings (SSSR count). The number of carbonyl (C=O) groups is 1. The number of halogens is 1. The molecule has 108 valence electrons. The monoisotopic (exact) mass is 293 g/mol. The van der Waals surface area contributed by atoms with Gasteiger partial charge in [0.2, 0.25) is 0 Å². The summed E-state index contributed by atoms with van der Waals surface area (Å²) in [5.41, 5.74) is 1.18. The number of benzene rings is 1. The maximum absolute atomic E-state index is 10.9. The molecule has 0 aliphatic carbocycles. The predicted octanol–water partition coefficient (Wildman–Crippen LogP) is 3.56. The Kier molecular flexibility index (Phi) is 3.99. The van der Waals surface area contributed by atoms with Crippen molar-refractivity contribution in [2.24, 2.45) is 5.92 Å². The van der Waals surface area contributed by atoms with E-state index in [1.807, 2.05) is 18.2 Å². The molecular weight excluding hydrogens is 274 g/mol. The van der Waals surface area contributed by atoms with Crippen molar-refractivity contribution in [3.63, 3.8) is 0 Å². The van der Waals surface area contributed by atoms with Gasteiger partial charge in [-0.25, -0.2) is 0 Å². The van der Waals surface area contributed by atoms with Crippen LogP contribution in [0.4, 0.5) is 0 Å². The van der Waals surface area contributed by atoms with Crippen molar-refractivity contribution in [2.45, 2.75) is 50.7 Å². The third-order valence-electron chi connectivity index (χ3n) is 4.76. The van der Waals surface area contributed by atoms with Crippen LogP contribution in [0.15, 0.2) is 24.3 Å². The Hall–Kier alpha value is -1.06. The van der Waals surface area contributed by atoms with Crippen molar-refractivity contribution in [2.75, 3.05) is 0 Å². The number of piperidine rings is 1. The number of nitrogens with zero attached hydrogens (tertiary/aromatic N) is 1. The average Bonchev–Trinajstić information content (AvgIpc) is 2.63. The van der Waals surface area contributed by atoms with E-state index in [9.17, 15) is 4.79 Å². The predicted molar refractivity (Wildman–Crippen MR) is 78.8 cm³/mol. The van der Waals surface area contributed by atoms with Crippen molar-refractivity contribution in [1.29, 1.82) is 0 Å². The summed E-state index contributed by atoms with van der Waals surface area (Å²) < 4.78 is 0. The van der Waals surface area contributed by atoms with Crippen LogP contribution in [0.5, 0.6) is 0 Å². The molecule has 2 heterocycles. The first-order valence-corrected chi connectivity index (χ1v) is 7.72. The number of hydrogen-bond donors (Lipinski definition) is 1. The lowest BCUT2D eigenvalue weighted by Crippen LogP contribution is -2.42. The van der Waals surface area contributed by atoms with Crippen molar-refractivity contribution in [1.82, 2.24) is 4.90 Å². The Balaban J connectivity index is 1.68. The highest BCUT2D eigenvalue weighted by atomic mass is 35.5. The molecule has 4 heteroatoms. The van der Waals surface area contributed by atoms with Gasteiger partial charge in [0.05, 0.1) is 0 Å². The molecule has 3 nitrogen and oxygen atoms in total. The smallest absolute Gasteiger partial charge is 0.303 e. The normalized spacial score (nSPS) is 29.6. The summed E-state index contributed by atoms with van der Waals surface area (Å²) in [4.78, 5) is 13.4. The fourth-order valence-electron chi connectivity index (χ4n) is 3.88. The highest BCUT2D eigenvalue weighted by molar-refractivity contribution is 6.31. The van der Waals surface area contributed by atoms with E-state index >= 15 is 0 Å².